The number of phenols is 2. The smallest absolute Gasteiger partial charge is 0.153 e. The molecule has 0 saturated heterocycles. The van der Waals surface area contributed by atoms with Gasteiger partial charge in [-0.05, 0) is 140 Å². The molecule has 0 aliphatic carbocycles. The Morgan fingerprint density at radius 2 is 0.873 bits per heavy atom. The third-order valence-electron chi connectivity index (χ3n) is 13.6. The number of nitrogens with two attached hydrogens (primary N) is 1. The molecule has 0 saturated carbocycles. The molecule has 7 nitrogen and oxygen atoms in total. The van der Waals surface area contributed by atoms with Crippen molar-refractivity contribution in [2.75, 3.05) is 5.73 Å². The number of carbonyl (C=O) groups is 1. The second-order valence-electron chi connectivity index (χ2n) is 23.8. The Morgan fingerprint density at radius 1 is 0.468 bits per heavy atom. The zero-order valence-corrected chi connectivity index (χ0v) is 48.6. The van der Waals surface area contributed by atoms with Gasteiger partial charge in [-0.2, -0.15) is 0 Å². The highest BCUT2D eigenvalue weighted by molar-refractivity contribution is 7.22. The van der Waals surface area contributed by atoms with Crippen LogP contribution in [0.4, 0.5) is 20.2 Å². The van der Waals surface area contributed by atoms with E-state index in [4.69, 9.17) is 20.8 Å². The van der Waals surface area contributed by atoms with E-state index < -0.39 is 11.6 Å². The maximum atomic E-state index is 13.7. The van der Waals surface area contributed by atoms with Crippen LogP contribution in [0, 0.1) is 11.6 Å². The van der Waals surface area contributed by atoms with Gasteiger partial charge in [-0.1, -0.05) is 156 Å². The van der Waals surface area contributed by atoms with Crippen molar-refractivity contribution in [3.05, 3.63) is 203 Å². The molecule has 79 heavy (non-hydrogen) atoms. The van der Waals surface area contributed by atoms with Crippen LogP contribution in [0.3, 0.4) is 0 Å². The largest absolute Gasteiger partial charge is 0.507 e. The average molecular weight is 1090 g/mol. The predicted molar refractivity (Wildman–Crippen MR) is 329 cm³/mol. The number of aromatic nitrogens is 2. The van der Waals surface area contributed by atoms with Gasteiger partial charge in [-0.25, -0.2) is 18.7 Å². The van der Waals surface area contributed by atoms with Gasteiger partial charge < -0.3 is 15.9 Å². The summed E-state index contributed by atoms with van der Waals surface area (Å²) in [6.07, 6.45) is 1.89. The monoisotopic (exact) mass is 1090 g/mol. The number of hydrogen-bond acceptors (Lipinski definition) is 9. The number of aliphatic imine (C=N–C) groups is 1. The molecule has 0 atom stereocenters. The van der Waals surface area contributed by atoms with Crippen LogP contribution in [0.1, 0.15) is 121 Å². The first-order valence-corrected chi connectivity index (χ1v) is 27.8. The van der Waals surface area contributed by atoms with Gasteiger partial charge in [0.1, 0.15) is 33.1 Å². The van der Waals surface area contributed by atoms with Gasteiger partial charge in [0, 0.05) is 39.7 Å². The van der Waals surface area contributed by atoms with Crippen molar-refractivity contribution in [3.63, 3.8) is 0 Å². The van der Waals surface area contributed by atoms with Gasteiger partial charge in [0.15, 0.2) is 6.29 Å². The minimum Gasteiger partial charge on any atom is -0.507 e. The lowest BCUT2D eigenvalue weighted by atomic mass is 9.84. The summed E-state index contributed by atoms with van der Waals surface area (Å²) in [5.74, 6) is -1.17. The van der Waals surface area contributed by atoms with Crippen molar-refractivity contribution in [1.82, 2.24) is 9.97 Å². The number of anilines is 1. The number of carbonyl (C=O) groups excluding carboxylic acids is 1. The van der Waals surface area contributed by atoms with Gasteiger partial charge in [-0.3, -0.25) is 9.79 Å². The molecule has 0 unspecified atom stereocenters. The molecule has 4 N–H and O–H groups in total. The van der Waals surface area contributed by atoms with E-state index in [0.29, 0.717) is 17.5 Å². The van der Waals surface area contributed by atoms with Crippen LogP contribution in [0.5, 0.6) is 11.5 Å². The van der Waals surface area contributed by atoms with E-state index in [9.17, 15) is 18.7 Å². The van der Waals surface area contributed by atoms with E-state index in [2.05, 4.69) is 167 Å². The molecule has 10 rings (SSSR count). The highest BCUT2D eigenvalue weighted by atomic mass is 32.1. The fourth-order valence-electron chi connectivity index (χ4n) is 8.74. The van der Waals surface area contributed by atoms with Crippen molar-refractivity contribution >= 4 is 67.0 Å². The van der Waals surface area contributed by atoms with E-state index in [1.54, 1.807) is 22.7 Å². The van der Waals surface area contributed by atoms with Gasteiger partial charge in [-0.15, -0.1) is 22.7 Å². The number of nitrogens with zero attached hydrogens (tertiary/aromatic N) is 3. The van der Waals surface area contributed by atoms with Crippen molar-refractivity contribution < 1.29 is 23.8 Å². The summed E-state index contributed by atoms with van der Waals surface area (Å²) >= 11 is 3.36. The van der Waals surface area contributed by atoms with E-state index in [-0.39, 0.29) is 38.7 Å². The fraction of sp³-hybridized carbons (Fsp3) is 0.235. The lowest BCUT2D eigenvalue weighted by molar-refractivity contribution is 0.112. The number of thiazole rings is 2. The Hall–Kier alpha value is -7.86. The van der Waals surface area contributed by atoms with E-state index in [0.717, 1.165) is 71.9 Å². The molecule has 0 bridgehead atoms. The summed E-state index contributed by atoms with van der Waals surface area (Å²) in [6.45, 7) is 26.9. The molecular formula is C68H68F2N4O3S2. The zero-order chi connectivity index (χ0) is 57.2. The first-order valence-electron chi connectivity index (χ1n) is 26.2. The average Bonchev–Trinajstić information content (AvgIpc) is 4.18. The standard InChI is InChI=1S/C34H33FN2OS.C27H30N2S.C7H5FO2/c1-33(2,3)23-13-11-21(12-14-23)27-18-24(34(4,5)6)19-30-31(27)37-32(39-30)26-9-7-8-10-28(26)36-20-22-17-25(35)15-16-29(22)38;1-26(2,3)18-13-11-17(12-14-18)21-15-19(27(4,5)6)16-23-24(21)29-25(30-23)20-9-7-8-10-22(20)28;8-6-1-2-7(10)5(3-6)4-9/h7-20,38H,1-6H3;7-16H,28H2,1-6H3;1-4,10H. The predicted octanol–water partition coefficient (Wildman–Crippen LogP) is 19.0. The van der Waals surface area contributed by atoms with Gasteiger partial charge >= 0.3 is 0 Å². The molecule has 0 aliphatic heterocycles. The first kappa shape index (κ1) is 57.3. The Kier molecular flexibility index (Phi) is 16.6. The summed E-state index contributed by atoms with van der Waals surface area (Å²) in [4.78, 5) is 24.9. The number of hydrogen-bond donors (Lipinski definition) is 3. The van der Waals surface area contributed by atoms with Crippen molar-refractivity contribution in [3.8, 4) is 54.9 Å². The highest BCUT2D eigenvalue weighted by Crippen LogP contribution is 2.44. The minimum absolute atomic E-state index is 0.0190. The molecule has 0 radical (unpaired) electrons. The second kappa shape index (κ2) is 22.8. The van der Waals surface area contributed by atoms with Crippen molar-refractivity contribution in [2.24, 2.45) is 4.99 Å². The third kappa shape index (κ3) is 13.5. The van der Waals surface area contributed by atoms with Crippen molar-refractivity contribution in [1.29, 1.82) is 0 Å². The van der Waals surface area contributed by atoms with Crippen LogP contribution in [-0.4, -0.2) is 32.7 Å². The van der Waals surface area contributed by atoms with E-state index in [1.807, 2.05) is 42.5 Å². The summed E-state index contributed by atoms with van der Waals surface area (Å²) in [5, 5.41) is 20.8. The zero-order valence-electron chi connectivity index (χ0n) is 47.0. The van der Waals surface area contributed by atoms with Crippen LogP contribution in [0.2, 0.25) is 0 Å². The third-order valence-corrected chi connectivity index (χ3v) is 15.7. The number of rotatable bonds is 7. The van der Waals surface area contributed by atoms with E-state index in [1.165, 1.54) is 62.5 Å². The Labute approximate surface area is 471 Å². The van der Waals surface area contributed by atoms with Crippen LogP contribution in [0.25, 0.3) is 63.8 Å². The number of nitrogen functional groups attached to an aromatic ring is 1. The number of aldehydes is 1. The number of benzene rings is 8. The quantitative estimate of drug-likeness (QED) is 0.0830. The molecule has 11 heteroatoms. The molecule has 404 valence electrons. The number of halogens is 2. The summed E-state index contributed by atoms with van der Waals surface area (Å²) in [6, 6.07) is 49.7. The highest BCUT2D eigenvalue weighted by Gasteiger charge is 2.23. The summed E-state index contributed by atoms with van der Waals surface area (Å²) in [5.41, 5.74) is 22.0. The van der Waals surface area contributed by atoms with Crippen LogP contribution in [0.15, 0.2) is 163 Å². The number of fused-ring (bicyclic) bond motifs is 2. The Bertz CT molecular complexity index is 3850. The van der Waals surface area contributed by atoms with E-state index >= 15 is 0 Å². The molecule has 8 aromatic carbocycles. The van der Waals surface area contributed by atoms with Crippen LogP contribution < -0.4 is 5.73 Å². The normalized spacial score (nSPS) is 12.1. The maximum absolute atomic E-state index is 13.7. The van der Waals surface area contributed by atoms with Gasteiger partial charge in [0.05, 0.1) is 31.7 Å². The topological polar surface area (TPSA) is 122 Å². The lowest BCUT2D eigenvalue weighted by Crippen LogP contribution is -2.11. The molecule has 10 aromatic rings. The molecule has 2 aromatic heterocycles. The fourth-order valence-corrected chi connectivity index (χ4v) is 10.9. The molecule has 0 fully saturated rings. The molecule has 2 heterocycles. The Morgan fingerprint density at radius 3 is 1.30 bits per heavy atom. The Balaban J connectivity index is 0.000000181. The minimum atomic E-state index is -0.528. The molecule has 0 amide bonds. The molecule has 0 spiro atoms. The SMILES string of the molecule is CC(C)(C)c1ccc(-c2cc(C(C)(C)C)cc3sc(-c4ccccc4N)nc23)cc1.CC(C)(C)c1ccc(-c2cc(C(C)(C)C)cc3sc(-c4ccccc4N=Cc4cc(F)ccc4O)nc23)cc1.O=Cc1cc(F)ccc1O. The maximum Gasteiger partial charge on any atom is 0.153 e. The first-order chi connectivity index (χ1) is 37.2. The second-order valence-corrected chi connectivity index (χ2v) is 25.9. The summed E-state index contributed by atoms with van der Waals surface area (Å²) < 4.78 is 28.3. The number of para-hydroxylation sites is 2. The molecule has 0 aliphatic rings. The van der Waals surface area contributed by atoms with Gasteiger partial charge in [0.2, 0.25) is 0 Å². The van der Waals surface area contributed by atoms with Crippen LogP contribution in [-0.2, 0) is 21.7 Å². The lowest BCUT2D eigenvalue weighted by Gasteiger charge is -2.21. The van der Waals surface area contributed by atoms with Crippen molar-refractivity contribution in [2.45, 2.75) is 105 Å². The van der Waals surface area contributed by atoms with Crippen LogP contribution >= 0.6 is 22.7 Å². The number of aromatic hydroxyl groups is 2. The summed E-state index contributed by atoms with van der Waals surface area (Å²) in [7, 11) is 0. The number of phenolic OH excluding ortho intramolecular Hbond substituents is 2. The molecular weight excluding hydrogens is 1020 g/mol. The van der Waals surface area contributed by atoms with Gasteiger partial charge in [0.25, 0.3) is 0 Å².